The summed E-state index contributed by atoms with van der Waals surface area (Å²) in [5.74, 6) is -2.09. The van der Waals surface area contributed by atoms with Gasteiger partial charge in [0.2, 0.25) is 0 Å². The van der Waals surface area contributed by atoms with Crippen molar-refractivity contribution in [3.63, 3.8) is 0 Å². The van der Waals surface area contributed by atoms with Crippen LogP contribution in [0.1, 0.15) is 15.9 Å². The zero-order valence-corrected chi connectivity index (χ0v) is 12.6. The van der Waals surface area contributed by atoms with Crippen molar-refractivity contribution in [1.82, 2.24) is 9.78 Å². The molecule has 0 aliphatic rings. The number of carboxylic acid groups (broad SMARTS) is 1. The first-order valence-corrected chi connectivity index (χ1v) is 7.05. The highest BCUT2D eigenvalue weighted by Crippen LogP contribution is 2.31. The van der Waals surface area contributed by atoms with E-state index in [1.165, 1.54) is 22.9 Å². The van der Waals surface area contributed by atoms with Crippen LogP contribution in [-0.4, -0.2) is 20.9 Å². The van der Waals surface area contributed by atoms with Crippen molar-refractivity contribution in [3.8, 4) is 0 Å². The second kappa shape index (κ2) is 5.59. The molecule has 0 aliphatic carbocycles. The van der Waals surface area contributed by atoms with Crippen LogP contribution in [0.25, 0.3) is 10.9 Å². The first kappa shape index (κ1) is 14.8. The van der Waals surface area contributed by atoms with Crippen molar-refractivity contribution < 1.29 is 14.3 Å². The Balaban J connectivity index is 2.10. The van der Waals surface area contributed by atoms with Gasteiger partial charge in [0, 0.05) is 10.9 Å². The molecule has 4 nitrogen and oxygen atoms in total. The molecule has 0 atom stereocenters. The lowest BCUT2D eigenvalue weighted by atomic mass is 10.1. The summed E-state index contributed by atoms with van der Waals surface area (Å²) in [6.45, 7) is 0.0521. The number of halogens is 3. The predicted octanol–water partition coefficient (Wildman–Crippen LogP) is 4.23. The number of fused-ring (bicyclic) bond motifs is 1. The normalized spacial score (nSPS) is 11.0. The number of rotatable bonds is 3. The molecule has 0 bridgehead atoms. The Hall–Kier alpha value is -2.11. The molecule has 0 saturated heterocycles. The summed E-state index contributed by atoms with van der Waals surface area (Å²) in [5, 5.41) is 14.6. The van der Waals surface area contributed by atoms with Gasteiger partial charge in [0.05, 0.1) is 33.9 Å². The van der Waals surface area contributed by atoms with Gasteiger partial charge < -0.3 is 5.11 Å². The van der Waals surface area contributed by atoms with Crippen molar-refractivity contribution in [2.45, 2.75) is 6.54 Å². The molecule has 3 aromatic rings. The van der Waals surface area contributed by atoms with Crippen molar-refractivity contribution in [2.24, 2.45) is 0 Å². The lowest BCUT2D eigenvalue weighted by Crippen LogP contribution is -2.08. The average molecular weight is 339 g/mol. The molecule has 22 heavy (non-hydrogen) atoms. The average Bonchev–Trinajstić information content (AvgIpc) is 2.88. The van der Waals surface area contributed by atoms with Gasteiger partial charge in [-0.15, -0.1) is 0 Å². The Morgan fingerprint density at radius 2 is 2.05 bits per heavy atom. The zero-order chi connectivity index (χ0) is 15.9. The summed E-state index contributed by atoms with van der Waals surface area (Å²) in [6, 6.07) is 7.63. The fourth-order valence-electron chi connectivity index (χ4n) is 2.26. The molecule has 1 N–H and O–H groups in total. The number of carboxylic acids is 1. The van der Waals surface area contributed by atoms with E-state index in [1.54, 1.807) is 18.3 Å². The standard InChI is InChI=1S/C15H9Cl2FN2O2/c16-11-5-4-8-6-19-20(14(8)12(11)17)7-9-2-1-3-10(13(9)18)15(21)22/h1-6H,7H2,(H,21,22). The van der Waals surface area contributed by atoms with E-state index in [4.69, 9.17) is 28.3 Å². The number of benzene rings is 2. The van der Waals surface area contributed by atoms with Gasteiger partial charge in [-0.25, -0.2) is 9.18 Å². The molecule has 1 aromatic heterocycles. The van der Waals surface area contributed by atoms with Gasteiger partial charge in [-0.05, 0) is 18.2 Å². The van der Waals surface area contributed by atoms with Crippen LogP contribution in [0.5, 0.6) is 0 Å². The van der Waals surface area contributed by atoms with Crippen LogP contribution in [0.4, 0.5) is 4.39 Å². The Labute approximate surface area is 134 Å². The van der Waals surface area contributed by atoms with Gasteiger partial charge in [0.15, 0.2) is 0 Å². The van der Waals surface area contributed by atoms with Crippen molar-refractivity contribution >= 4 is 40.1 Å². The Morgan fingerprint density at radius 1 is 1.27 bits per heavy atom. The van der Waals surface area contributed by atoms with E-state index < -0.39 is 11.8 Å². The SMILES string of the molecule is O=C(O)c1cccc(Cn2ncc3ccc(Cl)c(Cl)c32)c1F. The third-order valence-electron chi connectivity index (χ3n) is 3.32. The fourth-order valence-corrected chi connectivity index (χ4v) is 2.68. The molecule has 112 valence electrons. The number of aromatic carboxylic acids is 1. The fraction of sp³-hybridized carbons (Fsp3) is 0.0667. The van der Waals surface area contributed by atoms with Crippen LogP contribution >= 0.6 is 23.2 Å². The summed E-state index contributed by atoms with van der Waals surface area (Å²) in [7, 11) is 0. The largest absolute Gasteiger partial charge is 0.478 e. The molecule has 7 heteroatoms. The molecule has 0 radical (unpaired) electrons. The van der Waals surface area contributed by atoms with E-state index >= 15 is 0 Å². The second-order valence-electron chi connectivity index (χ2n) is 4.69. The highest BCUT2D eigenvalue weighted by Gasteiger charge is 2.16. The van der Waals surface area contributed by atoms with E-state index in [2.05, 4.69) is 5.10 Å². The number of carbonyl (C=O) groups is 1. The maximum atomic E-state index is 14.2. The van der Waals surface area contributed by atoms with E-state index in [0.29, 0.717) is 15.6 Å². The predicted molar refractivity (Wildman–Crippen MR) is 82.2 cm³/mol. The lowest BCUT2D eigenvalue weighted by Gasteiger charge is -2.08. The van der Waals surface area contributed by atoms with Gasteiger partial charge in [-0.1, -0.05) is 35.3 Å². The van der Waals surface area contributed by atoms with Gasteiger partial charge in [-0.2, -0.15) is 5.10 Å². The summed E-state index contributed by atoms with van der Waals surface area (Å²) in [6.07, 6.45) is 1.59. The summed E-state index contributed by atoms with van der Waals surface area (Å²) in [4.78, 5) is 11.0. The minimum atomic E-state index is -1.31. The quantitative estimate of drug-likeness (QED) is 0.777. The number of hydrogen-bond acceptors (Lipinski definition) is 2. The van der Waals surface area contributed by atoms with Crippen LogP contribution in [0, 0.1) is 5.82 Å². The Bertz CT molecular complexity index is 893. The number of nitrogens with zero attached hydrogens (tertiary/aromatic N) is 2. The van der Waals surface area contributed by atoms with Crippen LogP contribution in [0.15, 0.2) is 36.5 Å². The maximum absolute atomic E-state index is 14.2. The molecule has 2 aromatic carbocycles. The third kappa shape index (κ3) is 2.42. The molecule has 0 unspecified atom stereocenters. The molecule has 0 aliphatic heterocycles. The summed E-state index contributed by atoms with van der Waals surface area (Å²) >= 11 is 12.2. The third-order valence-corrected chi connectivity index (χ3v) is 4.12. The molecule has 0 saturated carbocycles. The van der Waals surface area contributed by atoms with Crippen molar-refractivity contribution in [1.29, 1.82) is 0 Å². The molecule has 0 spiro atoms. The minimum Gasteiger partial charge on any atom is -0.478 e. The topological polar surface area (TPSA) is 55.1 Å². The molecule has 0 amide bonds. The van der Waals surface area contributed by atoms with E-state index in [0.717, 1.165) is 5.39 Å². The van der Waals surface area contributed by atoms with Gasteiger partial charge >= 0.3 is 5.97 Å². The van der Waals surface area contributed by atoms with Crippen molar-refractivity contribution in [2.75, 3.05) is 0 Å². The summed E-state index contributed by atoms with van der Waals surface area (Å²) < 4.78 is 15.7. The van der Waals surface area contributed by atoms with E-state index in [1.807, 2.05) is 0 Å². The zero-order valence-electron chi connectivity index (χ0n) is 11.1. The number of aromatic nitrogens is 2. The van der Waals surface area contributed by atoms with Crippen LogP contribution in [0.3, 0.4) is 0 Å². The lowest BCUT2D eigenvalue weighted by molar-refractivity contribution is 0.0691. The molecule has 3 rings (SSSR count). The molecule has 1 heterocycles. The smallest absolute Gasteiger partial charge is 0.338 e. The first-order chi connectivity index (χ1) is 10.5. The van der Waals surface area contributed by atoms with Crippen LogP contribution in [0.2, 0.25) is 10.0 Å². The van der Waals surface area contributed by atoms with Crippen LogP contribution in [-0.2, 0) is 6.54 Å². The Morgan fingerprint density at radius 3 is 2.77 bits per heavy atom. The molecule has 0 fully saturated rings. The minimum absolute atomic E-state index is 0.0521. The van der Waals surface area contributed by atoms with Crippen LogP contribution < -0.4 is 0 Å². The molecular formula is C15H9Cl2FN2O2. The van der Waals surface area contributed by atoms with Gasteiger partial charge in [0.25, 0.3) is 0 Å². The van der Waals surface area contributed by atoms with Crippen molar-refractivity contribution in [3.05, 3.63) is 63.5 Å². The highest BCUT2D eigenvalue weighted by molar-refractivity contribution is 6.45. The molecular weight excluding hydrogens is 330 g/mol. The highest BCUT2D eigenvalue weighted by atomic mass is 35.5. The van der Waals surface area contributed by atoms with E-state index in [-0.39, 0.29) is 17.7 Å². The first-order valence-electron chi connectivity index (χ1n) is 6.29. The number of hydrogen-bond donors (Lipinski definition) is 1. The van der Waals surface area contributed by atoms with Gasteiger partial charge in [0.1, 0.15) is 5.82 Å². The second-order valence-corrected chi connectivity index (χ2v) is 5.47. The maximum Gasteiger partial charge on any atom is 0.338 e. The Kier molecular flexibility index (Phi) is 3.76. The van der Waals surface area contributed by atoms with Gasteiger partial charge in [-0.3, -0.25) is 4.68 Å². The summed E-state index contributed by atoms with van der Waals surface area (Å²) in [5.41, 5.74) is 0.410. The van der Waals surface area contributed by atoms with E-state index in [9.17, 15) is 9.18 Å². The monoisotopic (exact) mass is 338 g/mol.